The van der Waals surface area contributed by atoms with Gasteiger partial charge in [0.1, 0.15) is 0 Å². The van der Waals surface area contributed by atoms with Gasteiger partial charge in [-0.25, -0.2) is 0 Å². The molecule has 31 heavy (non-hydrogen) atoms. The molecule has 5 atom stereocenters. The molecule has 2 heterocycles. The number of aliphatic hydroxyl groups excluding tert-OH is 1. The molecule has 1 aliphatic heterocycles. The molecular formula is C25H29NO4S. The van der Waals surface area contributed by atoms with Gasteiger partial charge in [-0.15, -0.1) is 0 Å². The van der Waals surface area contributed by atoms with E-state index in [-0.39, 0.29) is 24.5 Å². The zero-order valence-corrected chi connectivity index (χ0v) is 18.4. The summed E-state index contributed by atoms with van der Waals surface area (Å²) in [7, 11) is 0. The summed E-state index contributed by atoms with van der Waals surface area (Å²) in [5, 5.41) is 16.6. The molecule has 164 valence electrons. The van der Waals surface area contributed by atoms with Crippen LogP contribution in [0.15, 0.2) is 52.9 Å². The van der Waals surface area contributed by atoms with Gasteiger partial charge < -0.3 is 19.9 Å². The first-order chi connectivity index (χ1) is 15.2. The number of thiophene rings is 1. The molecular weight excluding hydrogens is 410 g/mol. The van der Waals surface area contributed by atoms with Crippen molar-refractivity contribution in [1.82, 2.24) is 5.32 Å². The van der Waals surface area contributed by atoms with Crippen LogP contribution in [0.25, 0.3) is 0 Å². The maximum atomic E-state index is 13.1. The summed E-state index contributed by atoms with van der Waals surface area (Å²) in [6.45, 7) is 0.426. The summed E-state index contributed by atoms with van der Waals surface area (Å²) in [6.07, 6.45) is 7.05. The molecule has 6 heteroatoms. The maximum Gasteiger partial charge on any atom is 0.286 e. The van der Waals surface area contributed by atoms with Crippen LogP contribution in [0.5, 0.6) is 0 Å². The second-order valence-corrected chi connectivity index (χ2v) is 9.80. The first-order valence-electron chi connectivity index (χ1n) is 11.2. The van der Waals surface area contributed by atoms with Crippen LogP contribution in [0, 0.1) is 11.8 Å². The highest BCUT2D eigenvalue weighted by atomic mass is 32.1. The molecule has 5 nitrogen and oxygen atoms in total. The van der Waals surface area contributed by atoms with E-state index in [0.717, 1.165) is 23.5 Å². The number of nitrogens with one attached hydrogen (secondary N) is 1. The largest absolute Gasteiger partial charge is 0.459 e. The van der Waals surface area contributed by atoms with Crippen molar-refractivity contribution in [2.45, 2.75) is 63.6 Å². The van der Waals surface area contributed by atoms with E-state index < -0.39 is 6.29 Å². The van der Waals surface area contributed by atoms with E-state index in [9.17, 15) is 9.90 Å². The molecule has 0 saturated heterocycles. The van der Waals surface area contributed by atoms with Gasteiger partial charge in [-0.1, -0.05) is 30.7 Å². The number of fused-ring (bicyclic) bond motifs is 2. The van der Waals surface area contributed by atoms with E-state index >= 15 is 0 Å². The Hall–Kier alpha value is -2.15. The van der Waals surface area contributed by atoms with Gasteiger partial charge in [0, 0.05) is 18.4 Å². The molecule has 5 rings (SSSR count). The molecule has 2 aromatic rings. The summed E-state index contributed by atoms with van der Waals surface area (Å²) in [4.78, 5) is 13.1. The van der Waals surface area contributed by atoms with Crippen LogP contribution < -0.4 is 5.32 Å². The van der Waals surface area contributed by atoms with Crippen LogP contribution in [0.4, 0.5) is 0 Å². The first kappa shape index (κ1) is 20.7. The van der Waals surface area contributed by atoms with Gasteiger partial charge in [-0.05, 0) is 70.7 Å². The van der Waals surface area contributed by atoms with Crippen molar-refractivity contribution < 1.29 is 19.4 Å². The third kappa shape index (κ3) is 4.71. The van der Waals surface area contributed by atoms with Crippen molar-refractivity contribution in [3.8, 4) is 0 Å². The van der Waals surface area contributed by atoms with Gasteiger partial charge in [0.05, 0.1) is 13.2 Å². The predicted molar refractivity (Wildman–Crippen MR) is 119 cm³/mol. The number of hydrogen-bond acceptors (Lipinski definition) is 5. The number of carbonyl (C=O) groups excluding carboxylic acids is 1. The van der Waals surface area contributed by atoms with Crippen molar-refractivity contribution in [3.63, 3.8) is 0 Å². The molecule has 2 saturated carbocycles. The fourth-order valence-electron chi connectivity index (χ4n) is 5.23. The fraction of sp³-hybridized carbons (Fsp3) is 0.480. The zero-order valence-electron chi connectivity index (χ0n) is 17.5. The number of aliphatic hydroxyl groups is 1. The SMILES string of the molecule is O=C(NC1CC2CCC1C2)C1=C[C@@H](c2ccsc2)C[C@@H](OCc2ccc(CO)cc2)O1. The number of benzene rings is 1. The normalized spacial score (nSPS) is 29.5. The lowest BCUT2D eigenvalue weighted by Gasteiger charge is -2.30. The highest BCUT2D eigenvalue weighted by molar-refractivity contribution is 7.08. The molecule has 2 bridgehead atoms. The molecule has 2 N–H and O–H groups in total. The van der Waals surface area contributed by atoms with Gasteiger partial charge >= 0.3 is 0 Å². The maximum absolute atomic E-state index is 13.1. The van der Waals surface area contributed by atoms with E-state index in [1.807, 2.05) is 30.3 Å². The second kappa shape index (κ2) is 9.15. The van der Waals surface area contributed by atoms with Crippen molar-refractivity contribution >= 4 is 17.2 Å². The van der Waals surface area contributed by atoms with E-state index in [1.54, 1.807) is 11.3 Å². The topological polar surface area (TPSA) is 67.8 Å². The van der Waals surface area contributed by atoms with E-state index in [4.69, 9.17) is 9.47 Å². The smallest absolute Gasteiger partial charge is 0.286 e. The molecule has 1 aromatic heterocycles. The number of carbonyl (C=O) groups is 1. The molecule has 3 aliphatic rings. The van der Waals surface area contributed by atoms with E-state index in [2.05, 4.69) is 22.1 Å². The van der Waals surface area contributed by atoms with Crippen LogP contribution in [0.3, 0.4) is 0 Å². The predicted octanol–water partition coefficient (Wildman–Crippen LogP) is 4.48. The summed E-state index contributed by atoms with van der Waals surface area (Å²) in [5.74, 6) is 1.77. The lowest BCUT2D eigenvalue weighted by atomic mass is 9.94. The Morgan fingerprint density at radius 3 is 2.65 bits per heavy atom. The van der Waals surface area contributed by atoms with Gasteiger partial charge in [0.25, 0.3) is 5.91 Å². The zero-order chi connectivity index (χ0) is 21.2. The molecule has 0 spiro atoms. The Morgan fingerprint density at radius 2 is 1.97 bits per heavy atom. The molecule has 1 aromatic carbocycles. The Balaban J connectivity index is 1.26. The van der Waals surface area contributed by atoms with Crippen LogP contribution in [-0.4, -0.2) is 23.3 Å². The molecule has 3 unspecified atom stereocenters. The molecule has 2 aliphatic carbocycles. The number of amides is 1. The Morgan fingerprint density at radius 1 is 1.13 bits per heavy atom. The minimum Gasteiger partial charge on any atom is -0.459 e. The molecule has 2 fully saturated rings. The average molecular weight is 440 g/mol. The fourth-order valence-corrected chi connectivity index (χ4v) is 5.95. The minimum atomic E-state index is -0.479. The first-order valence-corrected chi connectivity index (χ1v) is 12.1. The number of ether oxygens (including phenoxy) is 2. The average Bonchev–Trinajstić information content (AvgIpc) is 3.56. The van der Waals surface area contributed by atoms with E-state index in [0.29, 0.717) is 24.7 Å². The molecule has 0 radical (unpaired) electrons. The third-order valence-electron chi connectivity index (χ3n) is 6.95. The van der Waals surface area contributed by atoms with Crippen molar-refractivity contribution in [2.24, 2.45) is 11.8 Å². The summed E-state index contributed by atoms with van der Waals surface area (Å²) >= 11 is 1.66. The van der Waals surface area contributed by atoms with Crippen LogP contribution in [0.2, 0.25) is 0 Å². The molecule has 1 amide bonds. The van der Waals surface area contributed by atoms with Crippen LogP contribution in [0.1, 0.15) is 54.7 Å². The third-order valence-corrected chi connectivity index (χ3v) is 7.65. The van der Waals surface area contributed by atoms with E-state index in [1.165, 1.54) is 24.8 Å². The lowest BCUT2D eigenvalue weighted by Crippen LogP contribution is -2.41. The van der Waals surface area contributed by atoms with Crippen molar-refractivity contribution in [3.05, 3.63) is 69.6 Å². The van der Waals surface area contributed by atoms with Crippen LogP contribution in [-0.2, 0) is 27.5 Å². The van der Waals surface area contributed by atoms with Crippen LogP contribution >= 0.6 is 11.3 Å². The van der Waals surface area contributed by atoms with Gasteiger partial charge in [-0.2, -0.15) is 11.3 Å². The number of allylic oxidation sites excluding steroid dienone is 1. The quantitative estimate of drug-likeness (QED) is 0.668. The van der Waals surface area contributed by atoms with Gasteiger partial charge in [0.15, 0.2) is 5.76 Å². The van der Waals surface area contributed by atoms with Crippen molar-refractivity contribution in [2.75, 3.05) is 0 Å². The van der Waals surface area contributed by atoms with Crippen molar-refractivity contribution in [1.29, 1.82) is 0 Å². The minimum absolute atomic E-state index is 0.0288. The van der Waals surface area contributed by atoms with Gasteiger partial charge in [0.2, 0.25) is 6.29 Å². The lowest BCUT2D eigenvalue weighted by molar-refractivity contribution is -0.150. The number of hydrogen-bond donors (Lipinski definition) is 2. The monoisotopic (exact) mass is 439 g/mol. The van der Waals surface area contributed by atoms with Gasteiger partial charge in [-0.3, -0.25) is 4.79 Å². The summed E-state index contributed by atoms with van der Waals surface area (Å²) < 4.78 is 12.1. The second-order valence-electron chi connectivity index (χ2n) is 9.02. The number of rotatable bonds is 7. The Kier molecular flexibility index (Phi) is 6.12. The summed E-state index contributed by atoms with van der Waals surface area (Å²) in [6, 6.07) is 10.1. The Labute approximate surface area is 187 Å². The summed E-state index contributed by atoms with van der Waals surface area (Å²) in [5.41, 5.74) is 3.08. The highest BCUT2D eigenvalue weighted by Crippen LogP contribution is 2.44. The Bertz CT molecular complexity index is 924. The highest BCUT2D eigenvalue weighted by Gasteiger charge is 2.41. The standard InChI is InChI=1S/C25H29NO4S/c27-13-16-1-3-17(4-2-16)14-29-24-12-21(20-7-8-31-15-20)11-23(30-24)25(28)26-22-10-18-5-6-19(22)9-18/h1-4,7-8,11,15,18-19,21-22,24,27H,5-6,9-10,12-14H2,(H,26,28)/t18?,19?,21-,22?,24+/m1/s1.